The van der Waals surface area contributed by atoms with Crippen LogP contribution >= 0.6 is 0 Å². The molecular formula is C11H21N3O4S. The molecule has 0 aromatic carbocycles. The van der Waals surface area contributed by atoms with Gasteiger partial charge < -0.3 is 0 Å². The van der Waals surface area contributed by atoms with E-state index in [-0.39, 0.29) is 6.54 Å². The Labute approximate surface area is 114 Å². The van der Waals surface area contributed by atoms with Crippen molar-refractivity contribution < 1.29 is 18.0 Å². The molecule has 1 fully saturated rings. The van der Waals surface area contributed by atoms with Crippen LogP contribution in [0.25, 0.3) is 0 Å². The lowest BCUT2D eigenvalue weighted by Crippen LogP contribution is -2.61. The van der Waals surface area contributed by atoms with Gasteiger partial charge in [-0.2, -0.15) is 17.0 Å². The van der Waals surface area contributed by atoms with E-state index in [9.17, 15) is 18.0 Å². The minimum absolute atomic E-state index is 0.306. The van der Waals surface area contributed by atoms with Gasteiger partial charge >= 0.3 is 0 Å². The molecule has 1 rings (SSSR count). The van der Waals surface area contributed by atoms with Crippen LogP contribution in [0, 0.1) is 0 Å². The third kappa shape index (κ3) is 3.52. The van der Waals surface area contributed by atoms with E-state index >= 15 is 0 Å². The molecule has 8 heteroatoms. The molecule has 1 saturated heterocycles. The van der Waals surface area contributed by atoms with E-state index in [1.54, 1.807) is 0 Å². The highest BCUT2D eigenvalue weighted by molar-refractivity contribution is 7.86. The normalized spacial score (nSPS) is 21.8. The SMILES string of the molecule is CCCN(CCC)S(=O)(=O)N1CC(=O)NC(=O)C1C. The summed E-state index contributed by atoms with van der Waals surface area (Å²) >= 11 is 0. The molecule has 0 saturated carbocycles. The lowest BCUT2D eigenvalue weighted by molar-refractivity contribution is -0.136. The van der Waals surface area contributed by atoms with Gasteiger partial charge in [0.1, 0.15) is 6.04 Å². The first-order valence-corrected chi connectivity index (χ1v) is 7.84. The minimum atomic E-state index is -3.78. The smallest absolute Gasteiger partial charge is 0.283 e. The zero-order valence-corrected chi connectivity index (χ0v) is 12.4. The van der Waals surface area contributed by atoms with Gasteiger partial charge in [0.25, 0.3) is 10.2 Å². The van der Waals surface area contributed by atoms with Crippen molar-refractivity contribution in [2.45, 2.75) is 39.7 Å². The maximum absolute atomic E-state index is 12.5. The Morgan fingerprint density at radius 3 is 2.26 bits per heavy atom. The summed E-state index contributed by atoms with van der Waals surface area (Å²) in [5.74, 6) is -1.16. The molecule has 0 aromatic rings. The van der Waals surface area contributed by atoms with Crippen LogP contribution in [-0.2, 0) is 19.8 Å². The van der Waals surface area contributed by atoms with Crippen LogP contribution in [-0.4, -0.2) is 54.5 Å². The molecule has 7 nitrogen and oxygen atoms in total. The van der Waals surface area contributed by atoms with Crippen molar-refractivity contribution in [3.63, 3.8) is 0 Å². The highest BCUT2D eigenvalue weighted by atomic mass is 32.2. The van der Waals surface area contributed by atoms with Gasteiger partial charge in [0.2, 0.25) is 11.8 Å². The van der Waals surface area contributed by atoms with E-state index in [1.165, 1.54) is 11.2 Å². The molecule has 1 heterocycles. The van der Waals surface area contributed by atoms with Gasteiger partial charge in [0, 0.05) is 13.1 Å². The maximum Gasteiger partial charge on any atom is 0.283 e. The number of carbonyl (C=O) groups excluding carboxylic acids is 2. The second-order valence-corrected chi connectivity index (χ2v) is 6.42. The van der Waals surface area contributed by atoms with Gasteiger partial charge in [-0.3, -0.25) is 14.9 Å². The van der Waals surface area contributed by atoms with Gasteiger partial charge in [-0.1, -0.05) is 13.8 Å². The summed E-state index contributed by atoms with van der Waals surface area (Å²) in [6.45, 7) is 5.71. The van der Waals surface area contributed by atoms with Crippen LogP contribution in [0.1, 0.15) is 33.6 Å². The van der Waals surface area contributed by atoms with Gasteiger partial charge in [0.05, 0.1) is 6.54 Å². The summed E-state index contributed by atoms with van der Waals surface area (Å²) in [5.41, 5.74) is 0. The van der Waals surface area contributed by atoms with Crippen molar-refractivity contribution in [2.24, 2.45) is 0 Å². The van der Waals surface area contributed by atoms with Crippen LogP contribution in [0.3, 0.4) is 0 Å². The zero-order chi connectivity index (χ0) is 14.6. The summed E-state index contributed by atoms with van der Waals surface area (Å²) in [5, 5.41) is 2.13. The van der Waals surface area contributed by atoms with Crippen molar-refractivity contribution in [2.75, 3.05) is 19.6 Å². The van der Waals surface area contributed by atoms with E-state index < -0.39 is 28.1 Å². The molecule has 1 N–H and O–H groups in total. The van der Waals surface area contributed by atoms with Crippen molar-refractivity contribution in [3.8, 4) is 0 Å². The third-order valence-corrected chi connectivity index (χ3v) is 5.00. The largest absolute Gasteiger partial charge is 0.294 e. The van der Waals surface area contributed by atoms with Crippen LogP contribution in [0.4, 0.5) is 0 Å². The zero-order valence-electron chi connectivity index (χ0n) is 11.5. The number of carbonyl (C=O) groups is 2. The molecule has 0 aromatic heterocycles. The summed E-state index contributed by atoms with van der Waals surface area (Å²) in [4.78, 5) is 22.9. The molecule has 0 radical (unpaired) electrons. The predicted molar refractivity (Wildman–Crippen MR) is 70.4 cm³/mol. The van der Waals surface area contributed by atoms with Crippen LogP contribution < -0.4 is 5.32 Å². The van der Waals surface area contributed by atoms with Crippen molar-refractivity contribution in [1.82, 2.24) is 13.9 Å². The van der Waals surface area contributed by atoms with Crippen LogP contribution in [0.15, 0.2) is 0 Å². The molecule has 1 atom stereocenters. The second-order valence-electron chi connectivity index (χ2n) is 4.54. The van der Waals surface area contributed by atoms with E-state index in [1.807, 2.05) is 13.8 Å². The van der Waals surface area contributed by atoms with Gasteiger partial charge in [-0.25, -0.2) is 0 Å². The quantitative estimate of drug-likeness (QED) is 0.681. The van der Waals surface area contributed by atoms with E-state index in [0.717, 1.165) is 4.31 Å². The first-order valence-electron chi connectivity index (χ1n) is 6.45. The second kappa shape index (κ2) is 6.44. The summed E-state index contributed by atoms with van der Waals surface area (Å²) in [6, 6.07) is -0.862. The molecular weight excluding hydrogens is 270 g/mol. The number of piperazine rings is 1. The van der Waals surface area contributed by atoms with Crippen LogP contribution in [0.5, 0.6) is 0 Å². The van der Waals surface area contributed by atoms with E-state index in [0.29, 0.717) is 25.9 Å². The minimum Gasteiger partial charge on any atom is -0.294 e. The van der Waals surface area contributed by atoms with E-state index in [2.05, 4.69) is 5.32 Å². The van der Waals surface area contributed by atoms with Crippen molar-refractivity contribution in [1.29, 1.82) is 0 Å². The number of nitrogens with one attached hydrogen (secondary N) is 1. The number of imide groups is 1. The lowest BCUT2D eigenvalue weighted by Gasteiger charge is -2.34. The molecule has 1 unspecified atom stereocenters. The Hall–Kier alpha value is -0.990. The number of nitrogens with zero attached hydrogens (tertiary/aromatic N) is 2. The molecule has 1 aliphatic rings. The molecule has 2 amide bonds. The summed E-state index contributed by atoms with van der Waals surface area (Å²) in [6.07, 6.45) is 1.36. The number of amides is 2. The number of hydrogen-bond acceptors (Lipinski definition) is 4. The Morgan fingerprint density at radius 2 is 1.79 bits per heavy atom. The van der Waals surface area contributed by atoms with Gasteiger partial charge in [-0.15, -0.1) is 0 Å². The van der Waals surface area contributed by atoms with Crippen molar-refractivity contribution >= 4 is 22.0 Å². The fourth-order valence-electron chi connectivity index (χ4n) is 1.96. The van der Waals surface area contributed by atoms with Crippen LogP contribution in [0.2, 0.25) is 0 Å². The highest BCUT2D eigenvalue weighted by Gasteiger charge is 2.40. The third-order valence-electron chi connectivity index (χ3n) is 2.94. The molecule has 0 spiro atoms. The Kier molecular flexibility index (Phi) is 5.45. The average Bonchev–Trinajstić information content (AvgIpc) is 2.33. The Balaban J connectivity index is 3.01. The van der Waals surface area contributed by atoms with Crippen molar-refractivity contribution in [3.05, 3.63) is 0 Å². The highest BCUT2D eigenvalue weighted by Crippen LogP contribution is 2.16. The standard InChI is InChI=1S/C11H21N3O4S/c1-4-6-13(7-5-2)19(17,18)14-8-10(15)12-11(16)9(14)3/h9H,4-8H2,1-3H3,(H,12,15,16). The fraction of sp³-hybridized carbons (Fsp3) is 0.818. The number of rotatable bonds is 6. The number of hydrogen-bond donors (Lipinski definition) is 1. The Bertz CT molecular complexity index is 443. The molecule has 0 aliphatic carbocycles. The Morgan fingerprint density at radius 1 is 1.26 bits per heavy atom. The van der Waals surface area contributed by atoms with Gasteiger partial charge in [-0.05, 0) is 19.8 Å². The molecule has 1 aliphatic heterocycles. The molecule has 0 bridgehead atoms. The maximum atomic E-state index is 12.5. The monoisotopic (exact) mass is 291 g/mol. The first kappa shape index (κ1) is 16.1. The summed E-state index contributed by atoms with van der Waals surface area (Å²) in [7, 11) is -3.78. The topological polar surface area (TPSA) is 86.8 Å². The first-order chi connectivity index (χ1) is 8.84. The fourth-order valence-corrected chi connectivity index (χ4v) is 3.86. The molecule has 110 valence electrons. The predicted octanol–water partition coefficient (Wildman–Crippen LogP) is -0.300. The summed E-state index contributed by atoms with van der Waals surface area (Å²) < 4.78 is 27.3. The lowest BCUT2D eigenvalue weighted by atomic mass is 10.2. The average molecular weight is 291 g/mol. The van der Waals surface area contributed by atoms with E-state index in [4.69, 9.17) is 0 Å². The molecule has 19 heavy (non-hydrogen) atoms. The van der Waals surface area contributed by atoms with Gasteiger partial charge in [0.15, 0.2) is 0 Å².